The summed E-state index contributed by atoms with van der Waals surface area (Å²) >= 11 is 0. The second-order valence-corrected chi connectivity index (χ2v) is 2.77. The van der Waals surface area contributed by atoms with Gasteiger partial charge in [0, 0.05) is 6.04 Å². The second-order valence-electron chi connectivity index (χ2n) is 2.77. The highest BCUT2D eigenvalue weighted by Crippen LogP contribution is 2.14. The molecule has 0 fully saturated rings. The Bertz CT molecular complexity index is 304. The highest BCUT2D eigenvalue weighted by molar-refractivity contribution is 5.86. The summed E-state index contributed by atoms with van der Waals surface area (Å²) in [4.78, 5) is 14.3. The number of anilines is 1. The number of hydrogen-bond acceptors (Lipinski definition) is 3. The molecular formula is C7H11N3O2. The first kappa shape index (κ1) is 8.58. The van der Waals surface area contributed by atoms with Crippen molar-refractivity contribution >= 4 is 11.9 Å². The van der Waals surface area contributed by atoms with Gasteiger partial charge in [0.2, 0.25) is 5.95 Å². The highest BCUT2D eigenvalue weighted by atomic mass is 16.4. The maximum absolute atomic E-state index is 10.6. The van der Waals surface area contributed by atoms with Crippen molar-refractivity contribution in [2.45, 2.75) is 19.9 Å². The molecule has 0 aliphatic heterocycles. The maximum Gasteiger partial charge on any atom is 0.354 e. The van der Waals surface area contributed by atoms with Gasteiger partial charge in [-0.3, -0.25) is 0 Å². The standard InChI is InChI=1S/C7H11N3O2/c1-4(2)10-5(6(11)12)3-9-7(10)8/h3-4H,1-2H3,(H2,8,9)(H,11,12). The number of aromatic carboxylic acids is 1. The van der Waals surface area contributed by atoms with Crippen molar-refractivity contribution in [1.29, 1.82) is 0 Å². The normalized spacial score (nSPS) is 10.6. The van der Waals surface area contributed by atoms with Gasteiger partial charge >= 0.3 is 5.97 Å². The lowest BCUT2D eigenvalue weighted by molar-refractivity contribution is 0.0683. The van der Waals surface area contributed by atoms with Gasteiger partial charge in [-0.2, -0.15) is 0 Å². The highest BCUT2D eigenvalue weighted by Gasteiger charge is 2.15. The molecule has 12 heavy (non-hydrogen) atoms. The average molecular weight is 169 g/mol. The van der Waals surface area contributed by atoms with Crippen LogP contribution in [-0.2, 0) is 0 Å². The van der Waals surface area contributed by atoms with E-state index < -0.39 is 5.97 Å². The first-order valence-corrected chi connectivity index (χ1v) is 3.60. The summed E-state index contributed by atoms with van der Waals surface area (Å²) in [6, 6.07) is 0.0126. The van der Waals surface area contributed by atoms with Gasteiger partial charge in [-0.1, -0.05) is 0 Å². The Morgan fingerprint density at radius 1 is 1.75 bits per heavy atom. The zero-order valence-corrected chi connectivity index (χ0v) is 6.98. The van der Waals surface area contributed by atoms with E-state index in [1.807, 2.05) is 13.8 Å². The molecule has 0 spiro atoms. The number of rotatable bonds is 2. The van der Waals surface area contributed by atoms with Crippen molar-refractivity contribution in [3.63, 3.8) is 0 Å². The van der Waals surface area contributed by atoms with Gasteiger partial charge in [-0.15, -0.1) is 0 Å². The minimum absolute atomic E-state index is 0.0126. The van der Waals surface area contributed by atoms with E-state index in [4.69, 9.17) is 10.8 Å². The largest absolute Gasteiger partial charge is 0.477 e. The third-order valence-electron chi connectivity index (χ3n) is 1.56. The zero-order chi connectivity index (χ0) is 9.30. The molecule has 0 aromatic carbocycles. The minimum atomic E-state index is -1.01. The molecule has 0 atom stereocenters. The van der Waals surface area contributed by atoms with Crippen LogP contribution in [0.3, 0.4) is 0 Å². The fourth-order valence-corrected chi connectivity index (χ4v) is 1.08. The Morgan fingerprint density at radius 2 is 2.33 bits per heavy atom. The molecule has 1 aromatic rings. The molecule has 3 N–H and O–H groups in total. The zero-order valence-electron chi connectivity index (χ0n) is 6.98. The molecule has 1 heterocycles. The van der Waals surface area contributed by atoms with Gasteiger partial charge in [-0.05, 0) is 13.8 Å². The number of carbonyl (C=O) groups is 1. The summed E-state index contributed by atoms with van der Waals surface area (Å²) < 4.78 is 1.47. The molecule has 5 nitrogen and oxygen atoms in total. The van der Waals surface area contributed by atoms with Crippen molar-refractivity contribution < 1.29 is 9.90 Å². The number of aromatic nitrogens is 2. The predicted octanol–water partition coefficient (Wildman–Crippen LogP) is 0.744. The van der Waals surface area contributed by atoms with Crippen molar-refractivity contribution in [2.24, 2.45) is 0 Å². The number of nitrogens with zero attached hydrogens (tertiary/aromatic N) is 2. The fourth-order valence-electron chi connectivity index (χ4n) is 1.08. The number of nitrogens with two attached hydrogens (primary N) is 1. The summed E-state index contributed by atoms with van der Waals surface area (Å²) in [5.41, 5.74) is 5.60. The first-order valence-electron chi connectivity index (χ1n) is 3.60. The van der Waals surface area contributed by atoms with Crippen LogP contribution in [0.2, 0.25) is 0 Å². The molecule has 0 aliphatic carbocycles. The molecule has 0 radical (unpaired) electrons. The number of imidazole rings is 1. The number of nitrogen functional groups attached to an aromatic ring is 1. The maximum atomic E-state index is 10.6. The van der Waals surface area contributed by atoms with E-state index in [-0.39, 0.29) is 17.7 Å². The van der Waals surface area contributed by atoms with Gasteiger partial charge in [-0.25, -0.2) is 9.78 Å². The van der Waals surface area contributed by atoms with Crippen LogP contribution in [0.1, 0.15) is 30.4 Å². The minimum Gasteiger partial charge on any atom is -0.477 e. The number of hydrogen-bond donors (Lipinski definition) is 2. The smallest absolute Gasteiger partial charge is 0.354 e. The van der Waals surface area contributed by atoms with Gasteiger partial charge in [0.1, 0.15) is 5.69 Å². The molecule has 1 aromatic heterocycles. The topological polar surface area (TPSA) is 81.1 Å². The number of carboxylic acid groups (broad SMARTS) is 1. The third kappa shape index (κ3) is 1.25. The lowest BCUT2D eigenvalue weighted by Crippen LogP contribution is -2.12. The molecule has 0 amide bonds. The molecular weight excluding hydrogens is 158 g/mol. The third-order valence-corrected chi connectivity index (χ3v) is 1.56. The molecule has 0 aliphatic rings. The Balaban J connectivity index is 3.21. The molecule has 66 valence electrons. The van der Waals surface area contributed by atoms with E-state index in [1.165, 1.54) is 10.8 Å². The van der Waals surface area contributed by atoms with Gasteiger partial charge < -0.3 is 15.4 Å². The van der Waals surface area contributed by atoms with E-state index in [9.17, 15) is 4.79 Å². The van der Waals surface area contributed by atoms with E-state index >= 15 is 0 Å². The molecule has 1 rings (SSSR count). The molecule has 0 saturated heterocycles. The van der Waals surface area contributed by atoms with Crippen LogP contribution >= 0.6 is 0 Å². The van der Waals surface area contributed by atoms with Gasteiger partial charge in [0.25, 0.3) is 0 Å². The lowest BCUT2D eigenvalue weighted by atomic mass is 10.3. The average Bonchev–Trinajstić information content (AvgIpc) is 2.30. The van der Waals surface area contributed by atoms with E-state index in [2.05, 4.69) is 4.98 Å². The molecule has 0 bridgehead atoms. The SMILES string of the molecule is CC(C)n1c(C(=O)O)cnc1N. The monoisotopic (exact) mass is 169 g/mol. The number of carboxylic acids is 1. The Kier molecular flexibility index (Phi) is 2.03. The molecule has 0 unspecified atom stereocenters. The summed E-state index contributed by atoms with van der Waals surface area (Å²) in [5, 5.41) is 8.71. The first-order chi connectivity index (χ1) is 5.54. The Hall–Kier alpha value is -1.52. The van der Waals surface area contributed by atoms with Gasteiger partial charge in [0.05, 0.1) is 6.20 Å². The van der Waals surface area contributed by atoms with Crippen LogP contribution in [0.15, 0.2) is 6.20 Å². The van der Waals surface area contributed by atoms with Crippen molar-refractivity contribution in [1.82, 2.24) is 9.55 Å². The van der Waals surface area contributed by atoms with E-state index in [1.54, 1.807) is 0 Å². The van der Waals surface area contributed by atoms with Crippen LogP contribution in [0.25, 0.3) is 0 Å². The van der Waals surface area contributed by atoms with E-state index in [0.29, 0.717) is 0 Å². The summed E-state index contributed by atoms with van der Waals surface area (Å²) in [6.45, 7) is 3.70. The van der Waals surface area contributed by atoms with Gasteiger partial charge in [0.15, 0.2) is 0 Å². The Morgan fingerprint density at radius 3 is 2.67 bits per heavy atom. The van der Waals surface area contributed by atoms with E-state index in [0.717, 1.165) is 0 Å². The molecule has 5 heteroatoms. The van der Waals surface area contributed by atoms with Crippen LogP contribution in [0.5, 0.6) is 0 Å². The van der Waals surface area contributed by atoms with Crippen LogP contribution in [-0.4, -0.2) is 20.6 Å². The van der Waals surface area contributed by atoms with Crippen LogP contribution in [0.4, 0.5) is 5.95 Å². The predicted molar refractivity (Wildman–Crippen MR) is 44.0 cm³/mol. The molecule has 0 saturated carbocycles. The lowest BCUT2D eigenvalue weighted by Gasteiger charge is -2.10. The Labute approximate surface area is 69.8 Å². The van der Waals surface area contributed by atoms with Crippen LogP contribution in [0, 0.1) is 0 Å². The van der Waals surface area contributed by atoms with Crippen molar-refractivity contribution in [2.75, 3.05) is 5.73 Å². The van der Waals surface area contributed by atoms with Crippen molar-refractivity contribution in [3.8, 4) is 0 Å². The summed E-state index contributed by atoms with van der Waals surface area (Å²) in [6.07, 6.45) is 1.26. The summed E-state index contributed by atoms with van der Waals surface area (Å²) in [7, 11) is 0. The quantitative estimate of drug-likeness (QED) is 0.684. The van der Waals surface area contributed by atoms with Crippen LogP contribution < -0.4 is 5.73 Å². The van der Waals surface area contributed by atoms with Crippen molar-refractivity contribution in [3.05, 3.63) is 11.9 Å². The summed E-state index contributed by atoms with van der Waals surface area (Å²) in [5.74, 6) is -0.768. The second kappa shape index (κ2) is 2.84. The fraction of sp³-hybridized carbons (Fsp3) is 0.429.